The molecule has 0 saturated carbocycles. The molecule has 0 spiro atoms. The molecule has 144 valence electrons. The van der Waals surface area contributed by atoms with Crippen LogP contribution >= 0.6 is 0 Å². The van der Waals surface area contributed by atoms with Gasteiger partial charge in [0.15, 0.2) is 0 Å². The van der Waals surface area contributed by atoms with Gasteiger partial charge in [-0.15, -0.1) is 0 Å². The van der Waals surface area contributed by atoms with Crippen molar-refractivity contribution >= 4 is 5.91 Å². The van der Waals surface area contributed by atoms with Crippen molar-refractivity contribution in [1.82, 2.24) is 14.7 Å². The highest BCUT2D eigenvalue weighted by molar-refractivity contribution is 5.81. The number of likely N-dealkylation sites (N-methyl/N-ethyl adjacent to an activating group) is 1. The number of amides is 1. The van der Waals surface area contributed by atoms with Gasteiger partial charge in [-0.25, -0.2) is 0 Å². The minimum atomic E-state index is -0.00515. The summed E-state index contributed by atoms with van der Waals surface area (Å²) >= 11 is 0. The van der Waals surface area contributed by atoms with Gasteiger partial charge in [-0.1, -0.05) is 19.1 Å². The topological polar surface area (TPSA) is 36.0 Å². The fourth-order valence-corrected chi connectivity index (χ4v) is 4.22. The quantitative estimate of drug-likeness (QED) is 0.809. The summed E-state index contributed by atoms with van der Waals surface area (Å²) in [5.41, 5.74) is 1.36. The summed E-state index contributed by atoms with van der Waals surface area (Å²) in [6.45, 7) is 11.1. The largest absolute Gasteiger partial charge is 0.497 e. The van der Waals surface area contributed by atoms with Gasteiger partial charge >= 0.3 is 0 Å². The van der Waals surface area contributed by atoms with E-state index in [-0.39, 0.29) is 6.04 Å². The summed E-state index contributed by atoms with van der Waals surface area (Å²) in [7, 11) is 1.72. The molecule has 2 aliphatic rings. The number of nitrogens with zero attached hydrogens (tertiary/aromatic N) is 3. The molecule has 5 heteroatoms. The van der Waals surface area contributed by atoms with Gasteiger partial charge in [0.05, 0.1) is 13.2 Å². The van der Waals surface area contributed by atoms with Crippen molar-refractivity contribution in [3.05, 3.63) is 29.8 Å². The maximum absolute atomic E-state index is 12.9. The van der Waals surface area contributed by atoms with Crippen molar-refractivity contribution < 1.29 is 9.53 Å². The van der Waals surface area contributed by atoms with Crippen LogP contribution in [0.25, 0.3) is 0 Å². The Bertz CT molecular complexity index is 591. The number of methoxy groups -OCH3 is 1. The molecule has 0 radical (unpaired) electrons. The number of piperazine rings is 1. The van der Waals surface area contributed by atoms with Crippen molar-refractivity contribution in [2.24, 2.45) is 0 Å². The van der Waals surface area contributed by atoms with Crippen LogP contribution in [0.5, 0.6) is 5.75 Å². The van der Waals surface area contributed by atoms with E-state index >= 15 is 0 Å². The Labute approximate surface area is 157 Å². The molecule has 2 fully saturated rings. The molecule has 1 aromatic rings. The molecule has 0 N–H and O–H groups in total. The van der Waals surface area contributed by atoms with Gasteiger partial charge in [0.25, 0.3) is 0 Å². The van der Waals surface area contributed by atoms with E-state index in [1.54, 1.807) is 7.11 Å². The number of piperidine rings is 1. The highest BCUT2D eigenvalue weighted by Crippen LogP contribution is 2.30. The van der Waals surface area contributed by atoms with Crippen LogP contribution in [0.15, 0.2) is 24.3 Å². The standard InChI is InChI=1S/C21H33N3O2/c1-4-22-12-14-24(15-13-22)21(25)17(2)23-10-8-18(9-11-23)19-6-5-7-20(16-19)26-3/h5-7,16-18H,4,8-15H2,1-3H3. The molecule has 1 atom stereocenters. The Hall–Kier alpha value is -1.59. The second kappa shape index (κ2) is 8.87. The first-order chi connectivity index (χ1) is 12.6. The Morgan fingerprint density at radius 2 is 1.85 bits per heavy atom. The van der Waals surface area contributed by atoms with Crippen molar-refractivity contribution in [2.45, 2.75) is 38.6 Å². The summed E-state index contributed by atoms with van der Waals surface area (Å²) in [6.07, 6.45) is 2.21. The average molecular weight is 360 g/mol. The zero-order valence-corrected chi connectivity index (χ0v) is 16.5. The lowest BCUT2D eigenvalue weighted by atomic mass is 9.89. The van der Waals surface area contributed by atoms with Gasteiger partial charge in [-0.05, 0) is 63.0 Å². The van der Waals surface area contributed by atoms with Gasteiger partial charge in [0, 0.05) is 26.2 Å². The first-order valence-corrected chi connectivity index (χ1v) is 10.0. The molecule has 3 rings (SSSR count). The summed E-state index contributed by atoms with van der Waals surface area (Å²) in [4.78, 5) is 19.7. The van der Waals surface area contributed by atoms with E-state index in [1.165, 1.54) is 5.56 Å². The van der Waals surface area contributed by atoms with Crippen LogP contribution in [0.1, 0.15) is 38.2 Å². The maximum Gasteiger partial charge on any atom is 0.239 e. The molecule has 2 aliphatic heterocycles. The molecule has 1 aromatic carbocycles. The minimum absolute atomic E-state index is 0.00515. The predicted molar refractivity (Wildman–Crippen MR) is 105 cm³/mol. The van der Waals surface area contributed by atoms with Crippen LogP contribution in [0.4, 0.5) is 0 Å². The molecule has 0 bridgehead atoms. The zero-order chi connectivity index (χ0) is 18.5. The van der Waals surface area contributed by atoms with E-state index in [1.807, 2.05) is 6.07 Å². The van der Waals surface area contributed by atoms with Crippen LogP contribution in [-0.2, 0) is 4.79 Å². The lowest BCUT2D eigenvalue weighted by molar-refractivity contribution is -0.138. The van der Waals surface area contributed by atoms with E-state index < -0.39 is 0 Å². The van der Waals surface area contributed by atoms with Crippen LogP contribution in [0.3, 0.4) is 0 Å². The van der Waals surface area contributed by atoms with E-state index in [2.05, 4.69) is 46.7 Å². The summed E-state index contributed by atoms with van der Waals surface area (Å²) < 4.78 is 5.36. The number of carbonyl (C=O) groups is 1. The molecular weight excluding hydrogens is 326 g/mol. The van der Waals surface area contributed by atoms with Crippen LogP contribution < -0.4 is 4.74 Å². The lowest BCUT2D eigenvalue weighted by Crippen LogP contribution is -2.55. The van der Waals surface area contributed by atoms with E-state index in [0.29, 0.717) is 11.8 Å². The Morgan fingerprint density at radius 3 is 2.46 bits per heavy atom. The number of likely N-dealkylation sites (tertiary alicyclic amines) is 1. The SMILES string of the molecule is CCN1CCN(C(=O)C(C)N2CCC(c3cccc(OC)c3)CC2)CC1. The summed E-state index contributed by atoms with van der Waals surface area (Å²) in [5, 5.41) is 0. The molecule has 2 heterocycles. The molecule has 0 aliphatic carbocycles. The van der Waals surface area contributed by atoms with Crippen molar-refractivity contribution in [1.29, 1.82) is 0 Å². The number of rotatable bonds is 5. The Kier molecular flexibility index (Phi) is 6.54. The monoisotopic (exact) mass is 359 g/mol. The normalized spacial score (nSPS) is 21.6. The van der Waals surface area contributed by atoms with Crippen LogP contribution in [0, 0.1) is 0 Å². The lowest BCUT2D eigenvalue weighted by Gasteiger charge is -2.40. The number of ether oxygens (including phenoxy) is 1. The highest BCUT2D eigenvalue weighted by atomic mass is 16.5. The van der Waals surface area contributed by atoms with Gasteiger partial charge in [0.1, 0.15) is 5.75 Å². The first kappa shape index (κ1) is 19.2. The third-order valence-electron chi connectivity index (χ3n) is 6.13. The van der Waals surface area contributed by atoms with Crippen molar-refractivity contribution in [2.75, 3.05) is 52.9 Å². The van der Waals surface area contributed by atoms with Gasteiger partial charge < -0.3 is 14.5 Å². The number of hydrogen-bond donors (Lipinski definition) is 0. The van der Waals surface area contributed by atoms with Gasteiger partial charge in [-0.3, -0.25) is 9.69 Å². The molecular formula is C21H33N3O2. The van der Waals surface area contributed by atoms with E-state index in [0.717, 1.165) is 64.4 Å². The van der Waals surface area contributed by atoms with Crippen molar-refractivity contribution in [3.8, 4) is 5.75 Å². The maximum atomic E-state index is 12.9. The number of carbonyl (C=O) groups excluding carboxylic acids is 1. The molecule has 5 nitrogen and oxygen atoms in total. The smallest absolute Gasteiger partial charge is 0.239 e. The Morgan fingerprint density at radius 1 is 1.15 bits per heavy atom. The van der Waals surface area contributed by atoms with Crippen LogP contribution in [0.2, 0.25) is 0 Å². The highest BCUT2D eigenvalue weighted by Gasteiger charge is 2.31. The third-order valence-corrected chi connectivity index (χ3v) is 6.13. The van der Waals surface area contributed by atoms with Crippen molar-refractivity contribution in [3.63, 3.8) is 0 Å². The zero-order valence-electron chi connectivity index (χ0n) is 16.5. The third kappa shape index (κ3) is 4.38. The fourth-order valence-electron chi connectivity index (χ4n) is 4.22. The molecule has 1 amide bonds. The second-order valence-corrected chi connectivity index (χ2v) is 7.52. The number of benzene rings is 1. The number of hydrogen-bond acceptors (Lipinski definition) is 4. The minimum Gasteiger partial charge on any atom is -0.497 e. The summed E-state index contributed by atoms with van der Waals surface area (Å²) in [6, 6.07) is 8.42. The fraction of sp³-hybridized carbons (Fsp3) is 0.667. The predicted octanol–water partition coefficient (Wildman–Crippen LogP) is 2.43. The van der Waals surface area contributed by atoms with Gasteiger partial charge in [-0.2, -0.15) is 0 Å². The van der Waals surface area contributed by atoms with E-state index in [4.69, 9.17) is 4.74 Å². The molecule has 2 saturated heterocycles. The molecule has 1 unspecified atom stereocenters. The summed E-state index contributed by atoms with van der Waals surface area (Å²) in [5.74, 6) is 1.80. The van der Waals surface area contributed by atoms with Crippen LogP contribution in [-0.4, -0.2) is 79.6 Å². The molecule has 0 aromatic heterocycles. The second-order valence-electron chi connectivity index (χ2n) is 7.52. The molecule has 26 heavy (non-hydrogen) atoms. The van der Waals surface area contributed by atoms with Gasteiger partial charge in [0.2, 0.25) is 5.91 Å². The first-order valence-electron chi connectivity index (χ1n) is 10.0. The Balaban J connectivity index is 1.51. The van der Waals surface area contributed by atoms with E-state index in [9.17, 15) is 4.79 Å². The average Bonchev–Trinajstić information content (AvgIpc) is 2.73.